The van der Waals surface area contributed by atoms with Gasteiger partial charge in [0.05, 0.1) is 12.5 Å². The quantitative estimate of drug-likeness (QED) is 0.527. The van der Waals surface area contributed by atoms with E-state index in [1.165, 1.54) is 17.0 Å². The molecule has 5 nitrogen and oxygen atoms in total. The average Bonchev–Trinajstić information content (AvgIpc) is 3.17. The molecule has 3 aromatic carbocycles. The summed E-state index contributed by atoms with van der Waals surface area (Å²) >= 11 is 0. The number of halogens is 1. The zero-order valence-corrected chi connectivity index (χ0v) is 19.0. The fourth-order valence-corrected chi connectivity index (χ4v) is 5.04. The first-order valence-corrected chi connectivity index (χ1v) is 11.8. The van der Waals surface area contributed by atoms with Crippen LogP contribution in [-0.4, -0.2) is 60.4 Å². The van der Waals surface area contributed by atoms with Gasteiger partial charge in [-0.05, 0) is 35.4 Å². The molecule has 2 amide bonds. The molecular weight excluding hydrogens is 429 g/mol. The average molecular weight is 458 g/mol. The molecule has 6 heteroatoms. The molecule has 2 saturated heterocycles. The number of hydrogen-bond donors (Lipinski definition) is 0. The van der Waals surface area contributed by atoms with Crippen LogP contribution in [0.3, 0.4) is 0 Å². The van der Waals surface area contributed by atoms with Gasteiger partial charge in [-0.2, -0.15) is 0 Å². The van der Waals surface area contributed by atoms with Gasteiger partial charge in [-0.25, -0.2) is 4.39 Å². The number of benzene rings is 3. The second kappa shape index (κ2) is 9.77. The molecule has 0 aromatic heterocycles. The first kappa shape index (κ1) is 22.3. The highest BCUT2D eigenvalue weighted by Crippen LogP contribution is 2.29. The monoisotopic (exact) mass is 457 g/mol. The molecule has 0 radical (unpaired) electrons. The van der Waals surface area contributed by atoms with Crippen molar-refractivity contribution in [3.8, 4) is 0 Å². The number of hydrogen-bond acceptors (Lipinski definition) is 4. The van der Waals surface area contributed by atoms with Gasteiger partial charge in [0.25, 0.3) is 0 Å². The Hall–Kier alpha value is -3.51. The second-order valence-corrected chi connectivity index (χ2v) is 8.94. The molecule has 0 N–H and O–H groups in total. The standard InChI is InChI=1S/C28H28FN3O2/c29-23-11-13-24(14-12-23)30-15-17-31(18-16-30)26-19-27(33)32(28(26)34)20-25(21-7-3-1-4-8-21)22-9-5-2-6-10-22/h1-14,25-26H,15-20H2. The summed E-state index contributed by atoms with van der Waals surface area (Å²) in [7, 11) is 0. The van der Waals surface area contributed by atoms with Crippen molar-refractivity contribution in [1.29, 1.82) is 0 Å². The highest BCUT2D eigenvalue weighted by atomic mass is 19.1. The van der Waals surface area contributed by atoms with E-state index in [1.54, 1.807) is 12.1 Å². The van der Waals surface area contributed by atoms with E-state index in [0.717, 1.165) is 29.9 Å². The third-order valence-corrected chi connectivity index (χ3v) is 6.94. The Morgan fingerprint density at radius 1 is 0.765 bits per heavy atom. The number of anilines is 1. The van der Waals surface area contributed by atoms with Gasteiger partial charge in [0.1, 0.15) is 5.82 Å². The molecule has 3 aromatic rings. The summed E-state index contributed by atoms with van der Waals surface area (Å²) in [5.41, 5.74) is 3.15. The Morgan fingerprint density at radius 3 is 1.88 bits per heavy atom. The van der Waals surface area contributed by atoms with Crippen molar-refractivity contribution in [2.45, 2.75) is 18.4 Å². The van der Waals surface area contributed by atoms with Crippen molar-refractivity contribution in [2.24, 2.45) is 0 Å². The maximum absolute atomic E-state index is 13.4. The van der Waals surface area contributed by atoms with Crippen molar-refractivity contribution in [2.75, 3.05) is 37.6 Å². The Bertz CT molecular complexity index is 1090. The highest BCUT2D eigenvalue weighted by molar-refractivity contribution is 6.05. The summed E-state index contributed by atoms with van der Waals surface area (Å²) in [6.45, 7) is 3.20. The molecule has 0 bridgehead atoms. The lowest BCUT2D eigenvalue weighted by Gasteiger charge is -2.38. The normalized spacial score (nSPS) is 19.3. The number of carbonyl (C=O) groups excluding carboxylic acids is 2. The Labute approximate surface area is 199 Å². The highest BCUT2D eigenvalue weighted by Gasteiger charge is 2.43. The molecule has 174 valence electrons. The fourth-order valence-electron chi connectivity index (χ4n) is 5.04. The summed E-state index contributed by atoms with van der Waals surface area (Å²) in [6, 6.07) is 26.2. The second-order valence-electron chi connectivity index (χ2n) is 8.94. The van der Waals surface area contributed by atoms with Gasteiger partial charge in [-0.15, -0.1) is 0 Å². The Balaban J connectivity index is 1.28. The van der Waals surface area contributed by atoms with Crippen LogP contribution in [-0.2, 0) is 9.59 Å². The molecular formula is C28H28FN3O2. The van der Waals surface area contributed by atoms with Crippen molar-refractivity contribution in [3.05, 3.63) is 102 Å². The number of rotatable bonds is 6. The fraction of sp³-hybridized carbons (Fsp3) is 0.286. The Kier molecular flexibility index (Phi) is 6.41. The minimum Gasteiger partial charge on any atom is -0.369 e. The van der Waals surface area contributed by atoms with Crippen molar-refractivity contribution >= 4 is 17.5 Å². The number of carbonyl (C=O) groups is 2. The van der Waals surface area contributed by atoms with Crippen molar-refractivity contribution in [3.63, 3.8) is 0 Å². The summed E-state index contributed by atoms with van der Waals surface area (Å²) in [5, 5.41) is 0. The van der Waals surface area contributed by atoms with Gasteiger partial charge in [0.15, 0.2) is 0 Å². The van der Waals surface area contributed by atoms with E-state index in [1.807, 2.05) is 36.4 Å². The van der Waals surface area contributed by atoms with Gasteiger partial charge in [0, 0.05) is 44.3 Å². The van der Waals surface area contributed by atoms with Crippen molar-refractivity contribution in [1.82, 2.24) is 9.80 Å². The zero-order chi connectivity index (χ0) is 23.5. The number of imide groups is 1. The van der Waals surface area contributed by atoms with Crippen LogP contribution in [0.4, 0.5) is 10.1 Å². The van der Waals surface area contributed by atoms with E-state index in [-0.39, 0.29) is 30.0 Å². The molecule has 2 aliphatic rings. The predicted octanol–water partition coefficient (Wildman–Crippen LogP) is 3.91. The lowest BCUT2D eigenvalue weighted by atomic mass is 9.91. The van der Waals surface area contributed by atoms with Crippen LogP contribution < -0.4 is 4.90 Å². The molecule has 2 aliphatic heterocycles. The van der Waals surface area contributed by atoms with Crippen LogP contribution in [0.2, 0.25) is 0 Å². The lowest BCUT2D eigenvalue weighted by Crippen LogP contribution is -2.52. The first-order chi connectivity index (χ1) is 16.6. The van der Waals surface area contributed by atoms with Crippen LogP contribution in [0.1, 0.15) is 23.5 Å². The summed E-state index contributed by atoms with van der Waals surface area (Å²) in [4.78, 5) is 32.2. The topological polar surface area (TPSA) is 43.9 Å². The summed E-state index contributed by atoms with van der Waals surface area (Å²) < 4.78 is 13.2. The minimum absolute atomic E-state index is 0.0654. The lowest BCUT2D eigenvalue weighted by molar-refractivity contribution is -0.139. The van der Waals surface area contributed by atoms with Gasteiger partial charge in [-0.3, -0.25) is 19.4 Å². The van der Waals surface area contributed by atoms with Gasteiger partial charge in [-0.1, -0.05) is 60.7 Å². The van der Waals surface area contributed by atoms with Crippen LogP contribution in [0, 0.1) is 5.82 Å². The molecule has 2 fully saturated rings. The van der Waals surface area contributed by atoms with Crippen LogP contribution >= 0.6 is 0 Å². The van der Waals surface area contributed by atoms with E-state index < -0.39 is 6.04 Å². The minimum atomic E-state index is -0.407. The van der Waals surface area contributed by atoms with E-state index in [4.69, 9.17) is 0 Å². The van der Waals surface area contributed by atoms with E-state index >= 15 is 0 Å². The van der Waals surface area contributed by atoms with Gasteiger partial charge >= 0.3 is 0 Å². The molecule has 1 unspecified atom stereocenters. The number of nitrogens with zero attached hydrogens (tertiary/aromatic N) is 3. The molecule has 5 rings (SSSR count). The largest absolute Gasteiger partial charge is 0.369 e. The van der Waals surface area contributed by atoms with Crippen LogP contribution in [0.15, 0.2) is 84.9 Å². The molecule has 1 atom stereocenters. The summed E-state index contributed by atoms with van der Waals surface area (Å²) in [5.74, 6) is -0.517. The number of piperazine rings is 1. The molecule has 2 heterocycles. The molecule has 0 spiro atoms. The van der Waals surface area contributed by atoms with Gasteiger partial charge < -0.3 is 4.90 Å². The van der Waals surface area contributed by atoms with Gasteiger partial charge in [0.2, 0.25) is 11.8 Å². The smallest absolute Gasteiger partial charge is 0.247 e. The summed E-state index contributed by atoms with van der Waals surface area (Å²) in [6.07, 6.45) is 0.228. The van der Waals surface area contributed by atoms with E-state index in [9.17, 15) is 14.0 Å². The Morgan fingerprint density at radius 2 is 1.32 bits per heavy atom. The molecule has 34 heavy (non-hydrogen) atoms. The number of likely N-dealkylation sites (tertiary alicyclic amines) is 1. The molecule has 0 saturated carbocycles. The van der Waals surface area contributed by atoms with Crippen molar-refractivity contribution < 1.29 is 14.0 Å². The van der Waals surface area contributed by atoms with Crippen LogP contribution in [0.5, 0.6) is 0 Å². The number of amides is 2. The van der Waals surface area contributed by atoms with E-state index in [2.05, 4.69) is 34.1 Å². The van der Waals surface area contributed by atoms with E-state index in [0.29, 0.717) is 19.6 Å². The third-order valence-electron chi connectivity index (χ3n) is 6.94. The maximum Gasteiger partial charge on any atom is 0.247 e. The van der Waals surface area contributed by atoms with Crippen LogP contribution in [0.25, 0.3) is 0 Å². The third kappa shape index (κ3) is 4.59. The SMILES string of the molecule is O=C1CC(N2CCN(c3ccc(F)cc3)CC2)C(=O)N1CC(c1ccccc1)c1ccccc1. The predicted molar refractivity (Wildman–Crippen MR) is 130 cm³/mol. The zero-order valence-electron chi connectivity index (χ0n) is 19.0. The maximum atomic E-state index is 13.4. The first-order valence-electron chi connectivity index (χ1n) is 11.8. The molecule has 0 aliphatic carbocycles.